The van der Waals surface area contributed by atoms with Crippen LogP contribution >= 0.6 is 0 Å². The molecule has 0 aromatic rings. The van der Waals surface area contributed by atoms with Crippen LogP contribution in [0.2, 0.25) is 0 Å². The van der Waals surface area contributed by atoms with Gasteiger partial charge >= 0.3 is 5.97 Å². The SMILES string of the molecule is CC.CN1CC2CC1(C(=O)O)CO2. The van der Waals surface area contributed by atoms with E-state index in [-0.39, 0.29) is 6.10 Å². The van der Waals surface area contributed by atoms with Crippen LogP contribution in [-0.2, 0) is 9.53 Å². The second kappa shape index (κ2) is 3.64. The first-order valence-corrected chi connectivity index (χ1v) is 4.71. The molecule has 2 unspecified atom stereocenters. The minimum absolute atomic E-state index is 0.149. The third-order valence-corrected chi connectivity index (χ3v) is 2.73. The van der Waals surface area contributed by atoms with Crippen LogP contribution in [0.15, 0.2) is 0 Å². The maximum absolute atomic E-state index is 10.9. The number of likely N-dealkylation sites (N-methyl/N-ethyl adjacent to an activating group) is 1. The van der Waals surface area contributed by atoms with Crippen molar-refractivity contribution in [2.75, 3.05) is 20.2 Å². The number of ether oxygens (including phenoxy) is 1. The van der Waals surface area contributed by atoms with E-state index in [1.165, 1.54) is 0 Å². The van der Waals surface area contributed by atoms with Crippen molar-refractivity contribution in [3.05, 3.63) is 0 Å². The van der Waals surface area contributed by atoms with Gasteiger partial charge in [-0.15, -0.1) is 0 Å². The fourth-order valence-electron chi connectivity index (χ4n) is 1.93. The summed E-state index contributed by atoms with van der Waals surface area (Å²) in [5, 5.41) is 8.94. The molecule has 0 saturated carbocycles. The maximum atomic E-state index is 10.9. The Hall–Kier alpha value is -0.610. The number of carbonyl (C=O) groups is 1. The number of likely N-dealkylation sites (tertiary alicyclic amines) is 1. The molecule has 0 aromatic heterocycles. The Labute approximate surface area is 78.5 Å². The van der Waals surface area contributed by atoms with E-state index in [2.05, 4.69) is 0 Å². The first-order chi connectivity index (χ1) is 6.15. The highest BCUT2D eigenvalue weighted by molar-refractivity contribution is 5.80. The van der Waals surface area contributed by atoms with E-state index in [0.29, 0.717) is 13.0 Å². The molecule has 2 heterocycles. The Kier molecular flexibility index (Phi) is 2.93. The standard InChI is InChI=1S/C7H11NO3.C2H6/c1-8-3-5-2-7(8,4-11-5)6(9)10;1-2/h5H,2-4H2,1H3,(H,9,10);1-2H3. The van der Waals surface area contributed by atoms with Crippen molar-refractivity contribution in [3.63, 3.8) is 0 Å². The molecule has 0 aliphatic carbocycles. The van der Waals surface area contributed by atoms with Crippen molar-refractivity contribution in [1.82, 2.24) is 4.90 Å². The lowest BCUT2D eigenvalue weighted by Crippen LogP contribution is -2.52. The van der Waals surface area contributed by atoms with Gasteiger partial charge in [-0.2, -0.15) is 0 Å². The minimum Gasteiger partial charge on any atom is -0.480 e. The summed E-state index contributed by atoms with van der Waals surface area (Å²) in [5.74, 6) is -0.750. The van der Waals surface area contributed by atoms with Crippen LogP contribution in [-0.4, -0.2) is 47.8 Å². The van der Waals surface area contributed by atoms with Crippen molar-refractivity contribution in [3.8, 4) is 0 Å². The molecule has 2 aliphatic rings. The van der Waals surface area contributed by atoms with Gasteiger partial charge in [-0.3, -0.25) is 9.69 Å². The molecule has 2 aliphatic heterocycles. The van der Waals surface area contributed by atoms with Crippen molar-refractivity contribution in [1.29, 1.82) is 0 Å². The fourth-order valence-corrected chi connectivity index (χ4v) is 1.93. The normalized spacial score (nSPS) is 37.0. The largest absolute Gasteiger partial charge is 0.480 e. The summed E-state index contributed by atoms with van der Waals surface area (Å²) in [6.45, 7) is 5.11. The predicted molar refractivity (Wildman–Crippen MR) is 48.7 cm³/mol. The molecule has 1 N–H and O–H groups in total. The van der Waals surface area contributed by atoms with E-state index in [1.807, 2.05) is 25.8 Å². The van der Waals surface area contributed by atoms with Gasteiger partial charge in [0.2, 0.25) is 0 Å². The molecule has 2 saturated heterocycles. The summed E-state index contributed by atoms with van der Waals surface area (Å²) < 4.78 is 5.26. The van der Waals surface area contributed by atoms with Gasteiger partial charge in [0.25, 0.3) is 0 Å². The number of carboxylic acid groups (broad SMARTS) is 1. The summed E-state index contributed by atoms with van der Waals surface area (Å²) in [4.78, 5) is 12.7. The molecule has 2 bridgehead atoms. The number of nitrogens with zero attached hydrogens (tertiary/aromatic N) is 1. The first kappa shape index (κ1) is 10.5. The molecule has 2 atom stereocenters. The van der Waals surface area contributed by atoms with Crippen LogP contribution in [0.5, 0.6) is 0 Å². The van der Waals surface area contributed by atoms with E-state index >= 15 is 0 Å². The van der Waals surface area contributed by atoms with Gasteiger partial charge in [0, 0.05) is 13.0 Å². The summed E-state index contributed by atoms with van der Waals surface area (Å²) in [5.41, 5.74) is -0.704. The summed E-state index contributed by atoms with van der Waals surface area (Å²) in [7, 11) is 1.84. The summed E-state index contributed by atoms with van der Waals surface area (Å²) >= 11 is 0. The lowest BCUT2D eigenvalue weighted by molar-refractivity contribution is -0.151. The van der Waals surface area contributed by atoms with Crippen LogP contribution in [0, 0.1) is 0 Å². The van der Waals surface area contributed by atoms with Gasteiger partial charge in [-0.1, -0.05) is 13.8 Å². The average molecular weight is 187 g/mol. The quantitative estimate of drug-likeness (QED) is 0.652. The number of fused-ring (bicyclic) bond motifs is 2. The van der Waals surface area contributed by atoms with E-state index in [0.717, 1.165) is 6.54 Å². The zero-order valence-electron chi connectivity index (χ0n) is 8.41. The average Bonchev–Trinajstić information content (AvgIpc) is 2.65. The first-order valence-electron chi connectivity index (χ1n) is 4.71. The molecule has 4 heteroatoms. The topological polar surface area (TPSA) is 49.8 Å². The molecule has 0 spiro atoms. The highest BCUT2D eigenvalue weighted by atomic mass is 16.5. The van der Waals surface area contributed by atoms with Crippen molar-refractivity contribution < 1.29 is 14.6 Å². The second-order valence-electron chi connectivity index (χ2n) is 3.35. The summed E-state index contributed by atoms with van der Waals surface area (Å²) in [6.07, 6.45) is 0.801. The zero-order valence-corrected chi connectivity index (χ0v) is 8.41. The molecule has 0 radical (unpaired) electrons. The van der Waals surface area contributed by atoms with Crippen molar-refractivity contribution in [2.24, 2.45) is 0 Å². The zero-order chi connectivity index (χ0) is 10.1. The number of morpholine rings is 1. The van der Waals surface area contributed by atoms with Crippen LogP contribution in [0.3, 0.4) is 0 Å². The number of hydrogen-bond donors (Lipinski definition) is 1. The van der Waals surface area contributed by atoms with Gasteiger partial charge in [-0.25, -0.2) is 0 Å². The molecule has 13 heavy (non-hydrogen) atoms. The number of aliphatic carboxylic acids is 1. The van der Waals surface area contributed by atoms with E-state index < -0.39 is 11.5 Å². The molecule has 0 aromatic carbocycles. The molecule has 4 nitrogen and oxygen atoms in total. The van der Waals surface area contributed by atoms with Gasteiger partial charge in [-0.05, 0) is 7.05 Å². The van der Waals surface area contributed by atoms with E-state index in [9.17, 15) is 4.79 Å². The van der Waals surface area contributed by atoms with Crippen LogP contribution in [0.4, 0.5) is 0 Å². The van der Waals surface area contributed by atoms with Gasteiger partial charge in [0.15, 0.2) is 0 Å². The van der Waals surface area contributed by atoms with Gasteiger partial charge in [0.1, 0.15) is 5.54 Å². The molecular weight excluding hydrogens is 170 g/mol. The van der Waals surface area contributed by atoms with E-state index in [4.69, 9.17) is 9.84 Å². The Balaban J connectivity index is 0.000000396. The third-order valence-electron chi connectivity index (χ3n) is 2.73. The number of hydrogen-bond acceptors (Lipinski definition) is 3. The highest BCUT2D eigenvalue weighted by Gasteiger charge is 2.55. The maximum Gasteiger partial charge on any atom is 0.326 e. The lowest BCUT2D eigenvalue weighted by atomic mass is 10.00. The van der Waals surface area contributed by atoms with Crippen LogP contribution in [0.25, 0.3) is 0 Å². The van der Waals surface area contributed by atoms with Crippen LogP contribution < -0.4 is 0 Å². The Morgan fingerprint density at radius 2 is 2.23 bits per heavy atom. The number of carboxylic acids is 1. The van der Waals surface area contributed by atoms with E-state index in [1.54, 1.807) is 0 Å². The Morgan fingerprint density at radius 3 is 2.46 bits per heavy atom. The molecule has 2 fully saturated rings. The Morgan fingerprint density at radius 1 is 1.62 bits per heavy atom. The smallest absolute Gasteiger partial charge is 0.326 e. The fraction of sp³-hybridized carbons (Fsp3) is 0.889. The summed E-state index contributed by atoms with van der Waals surface area (Å²) in [6, 6.07) is 0. The van der Waals surface area contributed by atoms with Gasteiger partial charge < -0.3 is 9.84 Å². The molecular formula is C9H17NO3. The molecule has 2 rings (SSSR count). The highest BCUT2D eigenvalue weighted by Crippen LogP contribution is 2.36. The lowest BCUT2D eigenvalue weighted by Gasteiger charge is -2.30. The minimum atomic E-state index is -0.750. The third kappa shape index (κ3) is 1.44. The molecule has 0 amide bonds. The number of rotatable bonds is 1. The van der Waals surface area contributed by atoms with Crippen molar-refractivity contribution >= 4 is 5.97 Å². The van der Waals surface area contributed by atoms with Crippen LogP contribution in [0.1, 0.15) is 20.3 Å². The van der Waals surface area contributed by atoms with Crippen molar-refractivity contribution in [2.45, 2.75) is 31.9 Å². The monoisotopic (exact) mass is 187 g/mol. The molecule has 76 valence electrons. The second-order valence-corrected chi connectivity index (χ2v) is 3.35. The predicted octanol–water partition coefficient (Wildman–Crippen LogP) is 0.570. The Bertz CT molecular complexity index is 207. The van der Waals surface area contributed by atoms with Gasteiger partial charge in [0.05, 0.1) is 12.7 Å².